The van der Waals surface area contributed by atoms with Crippen molar-refractivity contribution in [1.82, 2.24) is 19.4 Å². The maximum Gasteiger partial charge on any atom is 0.232 e. The third kappa shape index (κ3) is 3.20. The molecule has 1 spiro atoms. The van der Waals surface area contributed by atoms with Crippen LogP contribution in [0.15, 0.2) is 42.9 Å². The summed E-state index contributed by atoms with van der Waals surface area (Å²) in [5.74, 6) is 0.430. The normalized spacial score (nSPS) is 25.3. The summed E-state index contributed by atoms with van der Waals surface area (Å²) >= 11 is 0. The third-order valence-corrected chi connectivity index (χ3v) is 7.62. The van der Waals surface area contributed by atoms with Gasteiger partial charge in [-0.3, -0.25) is 14.7 Å². The monoisotopic (exact) mass is 392 g/mol. The number of likely N-dealkylation sites (tertiary alicyclic amines) is 2. The van der Waals surface area contributed by atoms with E-state index in [1.165, 1.54) is 30.5 Å². The molecule has 0 bridgehead atoms. The summed E-state index contributed by atoms with van der Waals surface area (Å²) in [6.07, 6.45) is 13.8. The van der Waals surface area contributed by atoms with Crippen LogP contribution >= 0.6 is 0 Å². The third-order valence-electron chi connectivity index (χ3n) is 7.62. The second-order valence-electron chi connectivity index (χ2n) is 9.23. The van der Waals surface area contributed by atoms with Crippen LogP contribution in [0.1, 0.15) is 62.2 Å². The lowest BCUT2D eigenvalue weighted by Gasteiger charge is -2.61. The van der Waals surface area contributed by atoms with Crippen molar-refractivity contribution < 1.29 is 4.79 Å². The van der Waals surface area contributed by atoms with Crippen molar-refractivity contribution in [3.8, 4) is 0 Å². The molecule has 1 atom stereocenters. The SMILES string of the molecule is Cn1cccc1CN1CCC(N2C(=O)C3(CCCCC3)C2c2ccncc2)CC1. The van der Waals surface area contributed by atoms with E-state index >= 15 is 0 Å². The van der Waals surface area contributed by atoms with E-state index < -0.39 is 0 Å². The Morgan fingerprint density at radius 2 is 1.79 bits per heavy atom. The molecule has 2 aromatic rings. The lowest BCUT2D eigenvalue weighted by molar-refractivity contribution is -0.186. The molecule has 0 aromatic carbocycles. The molecule has 1 aliphatic carbocycles. The number of pyridine rings is 1. The zero-order chi connectivity index (χ0) is 19.8. The molecule has 0 N–H and O–H groups in total. The first-order chi connectivity index (χ1) is 14.2. The van der Waals surface area contributed by atoms with Gasteiger partial charge in [-0.1, -0.05) is 19.3 Å². The van der Waals surface area contributed by atoms with Crippen LogP contribution in [0.2, 0.25) is 0 Å². The molecule has 1 amide bonds. The highest BCUT2D eigenvalue weighted by Crippen LogP contribution is 2.59. The lowest BCUT2D eigenvalue weighted by atomic mass is 9.59. The fourth-order valence-electron chi connectivity index (χ4n) is 6.01. The maximum atomic E-state index is 13.5. The minimum atomic E-state index is -0.139. The van der Waals surface area contributed by atoms with Crippen LogP contribution in [-0.4, -0.2) is 44.4 Å². The van der Waals surface area contributed by atoms with E-state index in [9.17, 15) is 4.79 Å². The van der Waals surface area contributed by atoms with Gasteiger partial charge in [-0.05, 0) is 55.5 Å². The van der Waals surface area contributed by atoms with E-state index in [0.29, 0.717) is 11.9 Å². The molecule has 5 rings (SSSR count). The van der Waals surface area contributed by atoms with Crippen molar-refractivity contribution in [3.63, 3.8) is 0 Å². The molecule has 154 valence electrons. The molecule has 0 radical (unpaired) electrons. The average Bonchev–Trinajstić information content (AvgIpc) is 3.18. The van der Waals surface area contributed by atoms with Gasteiger partial charge >= 0.3 is 0 Å². The largest absolute Gasteiger partial charge is 0.353 e. The molecule has 2 aliphatic heterocycles. The van der Waals surface area contributed by atoms with Crippen LogP contribution in [0.3, 0.4) is 0 Å². The summed E-state index contributed by atoms with van der Waals surface area (Å²) in [5.41, 5.74) is 2.51. The first-order valence-electron chi connectivity index (χ1n) is 11.2. The van der Waals surface area contributed by atoms with Crippen molar-refractivity contribution >= 4 is 5.91 Å². The second kappa shape index (κ2) is 7.60. The summed E-state index contributed by atoms with van der Waals surface area (Å²) in [7, 11) is 2.11. The molecule has 1 unspecified atom stereocenters. The van der Waals surface area contributed by atoms with Gasteiger partial charge in [0.2, 0.25) is 5.91 Å². The summed E-state index contributed by atoms with van der Waals surface area (Å²) in [5, 5.41) is 0. The number of rotatable bonds is 4. The Hall–Kier alpha value is -2.14. The molecule has 3 aliphatic rings. The smallest absolute Gasteiger partial charge is 0.232 e. The highest BCUT2D eigenvalue weighted by atomic mass is 16.2. The maximum absolute atomic E-state index is 13.5. The molecule has 5 heteroatoms. The van der Waals surface area contributed by atoms with E-state index in [1.807, 2.05) is 12.4 Å². The summed E-state index contributed by atoms with van der Waals surface area (Å²) in [4.78, 5) is 22.5. The second-order valence-corrected chi connectivity index (χ2v) is 9.23. The first kappa shape index (κ1) is 18.9. The molecule has 29 heavy (non-hydrogen) atoms. The number of hydrogen-bond donors (Lipinski definition) is 0. The van der Waals surface area contributed by atoms with Gasteiger partial charge in [-0.15, -0.1) is 0 Å². The quantitative estimate of drug-likeness (QED) is 0.741. The minimum Gasteiger partial charge on any atom is -0.353 e. The van der Waals surface area contributed by atoms with Crippen molar-refractivity contribution in [2.75, 3.05) is 13.1 Å². The topological polar surface area (TPSA) is 41.4 Å². The number of amides is 1. The zero-order valence-corrected chi connectivity index (χ0v) is 17.5. The van der Waals surface area contributed by atoms with E-state index in [-0.39, 0.29) is 11.5 Å². The molecule has 2 aromatic heterocycles. The van der Waals surface area contributed by atoms with E-state index in [1.54, 1.807) is 0 Å². The standard InChI is InChI=1S/C24H32N4O/c1-26-15-5-6-21(26)18-27-16-9-20(10-17-27)28-22(19-7-13-25-14-8-19)24(23(28)29)11-3-2-4-12-24/h5-8,13-15,20,22H,2-4,9-12,16-18H2,1H3. The first-order valence-corrected chi connectivity index (χ1v) is 11.2. The Kier molecular flexibility index (Phi) is 4.94. The summed E-state index contributed by atoms with van der Waals surface area (Å²) < 4.78 is 2.21. The number of carbonyl (C=O) groups excluding carboxylic acids is 1. The predicted octanol–water partition coefficient (Wildman–Crippen LogP) is 3.92. The zero-order valence-electron chi connectivity index (χ0n) is 17.5. The number of carbonyl (C=O) groups is 1. The minimum absolute atomic E-state index is 0.139. The van der Waals surface area contributed by atoms with E-state index in [4.69, 9.17) is 0 Å². The highest BCUT2D eigenvalue weighted by molar-refractivity contribution is 5.91. The molecule has 1 saturated carbocycles. The summed E-state index contributed by atoms with van der Waals surface area (Å²) in [6, 6.07) is 9.21. The van der Waals surface area contributed by atoms with Gasteiger partial charge in [0.05, 0.1) is 11.5 Å². The fraction of sp³-hybridized carbons (Fsp3) is 0.583. The van der Waals surface area contributed by atoms with Crippen LogP contribution < -0.4 is 0 Å². The van der Waals surface area contributed by atoms with Crippen LogP contribution in [0, 0.1) is 5.41 Å². The van der Waals surface area contributed by atoms with Crippen molar-refractivity contribution in [2.24, 2.45) is 12.5 Å². The number of piperidine rings is 1. The average molecular weight is 393 g/mol. The Balaban J connectivity index is 1.31. The molecular formula is C24H32N4O. The fourth-order valence-corrected chi connectivity index (χ4v) is 6.01. The van der Waals surface area contributed by atoms with Crippen molar-refractivity contribution in [1.29, 1.82) is 0 Å². The van der Waals surface area contributed by atoms with Crippen LogP contribution in [-0.2, 0) is 18.4 Å². The molecule has 2 saturated heterocycles. The summed E-state index contributed by atoms with van der Waals surface area (Å²) in [6.45, 7) is 3.13. The number of β-lactam (4-membered cyclic amide) rings is 1. The van der Waals surface area contributed by atoms with Crippen LogP contribution in [0.25, 0.3) is 0 Å². The Morgan fingerprint density at radius 3 is 2.45 bits per heavy atom. The Morgan fingerprint density at radius 1 is 1.07 bits per heavy atom. The molecule has 4 heterocycles. The van der Waals surface area contributed by atoms with E-state index in [0.717, 1.165) is 45.3 Å². The van der Waals surface area contributed by atoms with Gasteiger partial charge in [0.1, 0.15) is 0 Å². The molecule has 5 nitrogen and oxygen atoms in total. The Labute approximate surface area is 173 Å². The number of hydrogen-bond acceptors (Lipinski definition) is 3. The van der Waals surface area contributed by atoms with Gasteiger partial charge in [0.25, 0.3) is 0 Å². The van der Waals surface area contributed by atoms with Gasteiger partial charge in [0.15, 0.2) is 0 Å². The number of aryl methyl sites for hydroxylation is 1. The van der Waals surface area contributed by atoms with Gasteiger partial charge in [-0.25, -0.2) is 0 Å². The van der Waals surface area contributed by atoms with Crippen molar-refractivity contribution in [2.45, 2.75) is 63.6 Å². The van der Waals surface area contributed by atoms with Crippen molar-refractivity contribution in [3.05, 3.63) is 54.1 Å². The van der Waals surface area contributed by atoms with Gasteiger partial charge < -0.3 is 9.47 Å². The van der Waals surface area contributed by atoms with E-state index in [2.05, 4.69) is 56.9 Å². The van der Waals surface area contributed by atoms with Gasteiger partial charge in [-0.2, -0.15) is 0 Å². The molecular weight excluding hydrogens is 360 g/mol. The predicted molar refractivity (Wildman–Crippen MR) is 113 cm³/mol. The lowest BCUT2D eigenvalue weighted by Crippen LogP contribution is -2.67. The number of aromatic nitrogens is 2. The van der Waals surface area contributed by atoms with Gasteiger partial charge in [0, 0.05) is 57.0 Å². The molecule has 3 fully saturated rings. The number of nitrogens with zero attached hydrogens (tertiary/aromatic N) is 4. The van der Waals surface area contributed by atoms with Crippen LogP contribution in [0.5, 0.6) is 0 Å². The Bertz CT molecular complexity index is 847. The van der Waals surface area contributed by atoms with Crippen LogP contribution in [0.4, 0.5) is 0 Å². The highest BCUT2D eigenvalue weighted by Gasteiger charge is 2.62.